The van der Waals surface area contributed by atoms with Gasteiger partial charge in [-0.15, -0.1) is 0 Å². The minimum atomic E-state index is -0.603. The molecule has 9 nitrogen and oxygen atoms in total. The van der Waals surface area contributed by atoms with Gasteiger partial charge >= 0.3 is 0 Å². The lowest BCUT2D eigenvalue weighted by atomic mass is 9.83. The molecule has 1 saturated heterocycles. The lowest BCUT2D eigenvalue weighted by Gasteiger charge is -2.41. The molecule has 0 unspecified atom stereocenters. The second-order valence-corrected chi connectivity index (χ2v) is 8.72. The molecular weight excluding hydrogens is 488 g/mol. The van der Waals surface area contributed by atoms with E-state index in [9.17, 15) is 9.59 Å². The minimum Gasteiger partial charge on any atom is -0.497 e. The van der Waals surface area contributed by atoms with E-state index in [0.717, 1.165) is 5.56 Å². The number of carbonyl (C=O) groups is 2. The zero-order valence-electron chi connectivity index (χ0n) is 22.1. The van der Waals surface area contributed by atoms with Gasteiger partial charge in [0.15, 0.2) is 11.5 Å². The Morgan fingerprint density at radius 2 is 1.42 bits per heavy atom. The van der Waals surface area contributed by atoms with Gasteiger partial charge in [-0.1, -0.05) is 6.07 Å². The molecule has 0 saturated carbocycles. The Kier molecular flexibility index (Phi) is 8.25. The average Bonchev–Trinajstić information content (AvgIpc) is 2.96. The third-order valence-electron chi connectivity index (χ3n) is 6.70. The van der Waals surface area contributed by atoms with Crippen LogP contribution in [0.1, 0.15) is 24.4 Å². The molecule has 1 heterocycles. The summed E-state index contributed by atoms with van der Waals surface area (Å²) in [4.78, 5) is 28.9. The van der Waals surface area contributed by atoms with Crippen LogP contribution in [-0.4, -0.2) is 47.4 Å². The fraction of sp³-hybridized carbons (Fsp3) is 0.310. The van der Waals surface area contributed by atoms with Gasteiger partial charge in [-0.2, -0.15) is 0 Å². The van der Waals surface area contributed by atoms with E-state index in [0.29, 0.717) is 46.5 Å². The van der Waals surface area contributed by atoms with Crippen molar-refractivity contribution >= 4 is 23.2 Å². The van der Waals surface area contributed by atoms with Crippen LogP contribution in [0.3, 0.4) is 0 Å². The van der Waals surface area contributed by atoms with E-state index in [-0.39, 0.29) is 18.2 Å². The summed E-state index contributed by atoms with van der Waals surface area (Å²) < 4.78 is 27.0. The predicted octanol–water partition coefficient (Wildman–Crippen LogP) is 4.85. The molecule has 2 atom stereocenters. The Labute approximate surface area is 222 Å². The van der Waals surface area contributed by atoms with Crippen molar-refractivity contribution in [1.82, 2.24) is 0 Å². The summed E-state index contributed by atoms with van der Waals surface area (Å²) in [6.45, 7) is 0. The zero-order valence-corrected chi connectivity index (χ0v) is 22.1. The van der Waals surface area contributed by atoms with Crippen LogP contribution in [0.4, 0.5) is 11.4 Å². The highest BCUT2D eigenvalue weighted by Crippen LogP contribution is 2.43. The van der Waals surface area contributed by atoms with Gasteiger partial charge in [0.2, 0.25) is 11.8 Å². The number of rotatable bonds is 9. The number of ether oxygens (including phenoxy) is 5. The molecule has 1 aliphatic rings. The minimum absolute atomic E-state index is 0.0824. The molecular formula is C29H32N2O7. The molecule has 1 fully saturated rings. The fourth-order valence-electron chi connectivity index (χ4n) is 4.76. The normalized spacial score (nSPS) is 17.0. The van der Waals surface area contributed by atoms with E-state index in [2.05, 4.69) is 5.32 Å². The van der Waals surface area contributed by atoms with E-state index in [1.807, 2.05) is 24.3 Å². The molecule has 1 N–H and O–H groups in total. The topological polar surface area (TPSA) is 95.6 Å². The zero-order chi connectivity index (χ0) is 27.2. The van der Waals surface area contributed by atoms with Gasteiger partial charge in [0.25, 0.3) is 0 Å². The first-order valence-electron chi connectivity index (χ1n) is 12.1. The number of hydrogen-bond acceptors (Lipinski definition) is 7. The molecule has 2 amide bonds. The maximum atomic E-state index is 13.8. The van der Waals surface area contributed by atoms with Crippen LogP contribution in [-0.2, 0) is 9.59 Å². The van der Waals surface area contributed by atoms with Gasteiger partial charge in [0, 0.05) is 18.2 Å². The Balaban J connectivity index is 1.77. The van der Waals surface area contributed by atoms with E-state index in [4.69, 9.17) is 23.7 Å². The molecule has 38 heavy (non-hydrogen) atoms. The van der Waals surface area contributed by atoms with Crippen molar-refractivity contribution in [2.75, 3.05) is 45.8 Å². The number of carbonyl (C=O) groups excluding carboxylic acids is 2. The molecule has 9 heteroatoms. The molecule has 0 bridgehead atoms. The van der Waals surface area contributed by atoms with Crippen LogP contribution in [0.5, 0.6) is 28.7 Å². The number of benzene rings is 3. The summed E-state index contributed by atoms with van der Waals surface area (Å²) >= 11 is 0. The first kappa shape index (κ1) is 26.7. The van der Waals surface area contributed by atoms with E-state index >= 15 is 0 Å². The summed E-state index contributed by atoms with van der Waals surface area (Å²) in [6, 6.07) is 17.2. The quantitative estimate of drug-likeness (QED) is 0.431. The first-order valence-corrected chi connectivity index (χ1v) is 12.1. The highest BCUT2D eigenvalue weighted by molar-refractivity contribution is 6.00. The van der Waals surface area contributed by atoms with Crippen LogP contribution >= 0.6 is 0 Å². The maximum absolute atomic E-state index is 13.8. The number of methoxy groups -OCH3 is 5. The van der Waals surface area contributed by atoms with Gasteiger partial charge in [-0.05, 0) is 60.5 Å². The second-order valence-electron chi connectivity index (χ2n) is 8.72. The highest BCUT2D eigenvalue weighted by atomic mass is 16.5. The third-order valence-corrected chi connectivity index (χ3v) is 6.70. The number of piperidine rings is 1. The predicted molar refractivity (Wildman–Crippen MR) is 144 cm³/mol. The maximum Gasteiger partial charge on any atom is 0.230 e. The second kappa shape index (κ2) is 11.8. The Hall–Kier alpha value is -4.40. The number of nitrogens with one attached hydrogen (secondary N) is 1. The Bertz CT molecular complexity index is 1290. The number of nitrogens with zero attached hydrogens (tertiary/aromatic N) is 1. The third kappa shape index (κ3) is 5.32. The van der Waals surface area contributed by atoms with Crippen LogP contribution in [0.2, 0.25) is 0 Å². The highest BCUT2D eigenvalue weighted by Gasteiger charge is 2.42. The summed E-state index contributed by atoms with van der Waals surface area (Å²) in [7, 11) is 7.79. The van der Waals surface area contributed by atoms with Gasteiger partial charge in [0.05, 0.1) is 53.2 Å². The summed E-state index contributed by atoms with van der Waals surface area (Å²) in [6.07, 6.45) is 0.586. The van der Waals surface area contributed by atoms with E-state index in [1.54, 1.807) is 69.7 Å². The monoisotopic (exact) mass is 520 g/mol. The van der Waals surface area contributed by atoms with Gasteiger partial charge in [0.1, 0.15) is 17.2 Å². The van der Waals surface area contributed by atoms with Gasteiger partial charge in [-0.25, -0.2) is 0 Å². The largest absolute Gasteiger partial charge is 0.497 e. The summed E-state index contributed by atoms with van der Waals surface area (Å²) in [5, 5.41) is 3.01. The summed E-state index contributed by atoms with van der Waals surface area (Å²) in [5.74, 6) is 1.92. The number of anilines is 2. The van der Waals surface area contributed by atoms with Crippen molar-refractivity contribution in [1.29, 1.82) is 0 Å². The molecule has 0 spiro atoms. The van der Waals surface area contributed by atoms with Gasteiger partial charge < -0.3 is 33.9 Å². The first-order chi connectivity index (χ1) is 18.4. The smallest absolute Gasteiger partial charge is 0.230 e. The fourth-order valence-corrected chi connectivity index (χ4v) is 4.76. The van der Waals surface area contributed by atoms with Crippen molar-refractivity contribution in [2.45, 2.75) is 18.9 Å². The molecule has 0 radical (unpaired) electrons. The number of hydrogen-bond donors (Lipinski definition) is 1. The van der Waals surface area contributed by atoms with Crippen LogP contribution in [0.25, 0.3) is 0 Å². The number of amides is 2. The van der Waals surface area contributed by atoms with E-state index < -0.39 is 12.0 Å². The Morgan fingerprint density at radius 1 is 0.763 bits per heavy atom. The van der Waals surface area contributed by atoms with Crippen molar-refractivity contribution in [3.8, 4) is 28.7 Å². The molecule has 3 aromatic carbocycles. The molecule has 0 aromatic heterocycles. The molecule has 200 valence electrons. The summed E-state index contributed by atoms with van der Waals surface area (Å²) in [5.41, 5.74) is 1.92. The van der Waals surface area contributed by atoms with Crippen molar-refractivity contribution in [3.05, 3.63) is 66.2 Å². The lowest BCUT2D eigenvalue weighted by molar-refractivity contribution is -0.126. The molecule has 4 rings (SSSR count). The van der Waals surface area contributed by atoms with Gasteiger partial charge in [-0.3, -0.25) is 9.59 Å². The SMILES string of the molecule is COc1ccc(N2C(=O)CC[C@@H](C(=O)Nc3ccc(OC)cc3OC)[C@H]2c2ccc(OC)c(OC)c2)cc1. The van der Waals surface area contributed by atoms with Crippen molar-refractivity contribution < 1.29 is 33.3 Å². The lowest BCUT2D eigenvalue weighted by Crippen LogP contribution is -2.47. The molecule has 1 aliphatic heterocycles. The van der Waals surface area contributed by atoms with Crippen LogP contribution < -0.4 is 33.9 Å². The molecule has 0 aliphatic carbocycles. The van der Waals surface area contributed by atoms with E-state index in [1.165, 1.54) is 7.11 Å². The average molecular weight is 521 g/mol. The van der Waals surface area contributed by atoms with Crippen molar-refractivity contribution in [2.24, 2.45) is 5.92 Å². The van der Waals surface area contributed by atoms with Crippen molar-refractivity contribution in [3.63, 3.8) is 0 Å². The Morgan fingerprint density at radius 3 is 2.05 bits per heavy atom. The molecule has 3 aromatic rings. The van der Waals surface area contributed by atoms with Crippen LogP contribution in [0.15, 0.2) is 60.7 Å². The van der Waals surface area contributed by atoms with Crippen LogP contribution in [0, 0.1) is 5.92 Å². The standard InChI is InChI=1S/C29H32N2O7/c1-34-20-9-7-19(8-10-20)31-27(32)15-12-22(28(31)18-6-14-24(36-3)26(16-18)38-5)29(33)30-23-13-11-21(35-2)17-25(23)37-4/h6-11,13-14,16-17,22,28H,12,15H2,1-5H3,(H,30,33)/t22-,28-/m1/s1.